The van der Waals surface area contributed by atoms with Crippen LogP contribution in [-0.4, -0.2) is 5.78 Å². The Hall–Kier alpha value is -2.93. The van der Waals surface area contributed by atoms with Crippen LogP contribution >= 0.6 is 0 Å². The fourth-order valence-electron chi connectivity index (χ4n) is 6.13. The quantitative estimate of drug-likeness (QED) is 0.370. The highest BCUT2D eigenvalue weighted by Gasteiger charge is 2.41. The molecule has 0 saturated carbocycles. The zero-order valence-corrected chi connectivity index (χ0v) is 22.9. The van der Waals surface area contributed by atoms with E-state index < -0.39 is 0 Å². The molecule has 0 aliphatic heterocycles. The minimum absolute atomic E-state index is 0.0925. The Morgan fingerprint density at radius 3 is 1.39 bits per heavy atom. The summed E-state index contributed by atoms with van der Waals surface area (Å²) >= 11 is 0. The Morgan fingerprint density at radius 1 is 0.667 bits per heavy atom. The lowest BCUT2D eigenvalue weighted by Crippen LogP contribution is -2.35. The normalized spacial score (nSPS) is 28.7. The zero-order valence-electron chi connectivity index (χ0n) is 22.9. The maximum Gasteiger partial charge on any atom is 0.133 e. The first kappa shape index (κ1) is 26.1. The lowest BCUT2D eigenvalue weighted by atomic mass is 9.61. The molecular weight excluding hydrogens is 436 g/mol. The molecule has 0 spiro atoms. The molecule has 6 unspecified atom stereocenters. The maximum absolute atomic E-state index is 13.5. The van der Waals surface area contributed by atoms with Crippen LogP contribution in [0.3, 0.4) is 0 Å². The Labute approximate surface area is 218 Å². The SMILES string of the molecule is Cc1ccc(C2C=CC=CC2(C)C(C)CC(=O)CC(C)C2(C)C=CC=CC2c2ccc(C)cc2)cc1. The van der Waals surface area contributed by atoms with Gasteiger partial charge < -0.3 is 0 Å². The number of rotatable bonds is 8. The second-order valence-electron chi connectivity index (χ2n) is 11.7. The molecule has 4 rings (SSSR count). The van der Waals surface area contributed by atoms with Crippen LogP contribution in [0.1, 0.15) is 74.6 Å². The zero-order chi connectivity index (χ0) is 25.9. The number of hydrogen-bond acceptors (Lipinski definition) is 1. The number of hydrogen-bond donors (Lipinski definition) is 0. The van der Waals surface area contributed by atoms with Crippen LogP contribution in [-0.2, 0) is 4.79 Å². The molecule has 0 amide bonds. The van der Waals surface area contributed by atoms with Crippen LogP contribution in [0.2, 0.25) is 0 Å². The Morgan fingerprint density at radius 2 is 1.03 bits per heavy atom. The van der Waals surface area contributed by atoms with Gasteiger partial charge in [0.1, 0.15) is 5.78 Å². The van der Waals surface area contributed by atoms with Crippen molar-refractivity contribution >= 4 is 5.78 Å². The largest absolute Gasteiger partial charge is 0.300 e. The van der Waals surface area contributed by atoms with E-state index in [-0.39, 0.29) is 34.5 Å². The number of allylic oxidation sites excluding steroid dienone is 8. The van der Waals surface area contributed by atoms with Crippen LogP contribution in [0, 0.1) is 36.5 Å². The average Bonchev–Trinajstić information content (AvgIpc) is 2.86. The van der Waals surface area contributed by atoms with Crippen LogP contribution < -0.4 is 0 Å². The van der Waals surface area contributed by atoms with E-state index in [0.29, 0.717) is 18.6 Å². The summed E-state index contributed by atoms with van der Waals surface area (Å²) in [5.41, 5.74) is 5.01. The van der Waals surface area contributed by atoms with Crippen molar-refractivity contribution in [1.82, 2.24) is 0 Å². The summed E-state index contributed by atoms with van der Waals surface area (Å²) in [6.45, 7) is 13.4. The summed E-state index contributed by atoms with van der Waals surface area (Å²) in [5.74, 6) is 1.41. The number of ketones is 1. The highest BCUT2D eigenvalue weighted by molar-refractivity contribution is 5.79. The summed E-state index contributed by atoms with van der Waals surface area (Å²) in [6.07, 6.45) is 19.1. The first-order valence-corrected chi connectivity index (χ1v) is 13.5. The summed E-state index contributed by atoms with van der Waals surface area (Å²) < 4.78 is 0. The standard InChI is InChI=1S/C35H42O/c1-25-13-17-29(18-14-25)32-11-7-9-21-34(32,5)27(3)23-31(36)24-28(4)35(6)22-10-8-12-33(35)30-19-15-26(2)16-20-30/h7-22,27-28,32-33H,23-24H2,1-6H3. The molecule has 0 heterocycles. The molecule has 1 nitrogen and oxygen atoms in total. The third kappa shape index (κ3) is 5.26. The van der Waals surface area contributed by atoms with Crippen molar-refractivity contribution in [3.63, 3.8) is 0 Å². The smallest absolute Gasteiger partial charge is 0.133 e. The van der Waals surface area contributed by atoms with E-state index in [4.69, 9.17) is 0 Å². The fraction of sp³-hybridized carbons (Fsp3) is 0.400. The summed E-state index contributed by atoms with van der Waals surface area (Å²) in [4.78, 5) is 13.5. The topological polar surface area (TPSA) is 17.1 Å². The highest BCUT2D eigenvalue weighted by atomic mass is 16.1. The van der Waals surface area contributed by atoms with Gasteiger partial charge in [-0.1, -0.05) is 136 Å². The van der Waals surface area contributed by atoms with Crippen LogP contribution in [0.25, 0.3) is 0 Å². The number of aryl methyl sites for hydroxylation is 2. The minimum Gasteiger partial charge on any atom is -0.300 e. The molecule has 0 radical (unpaired) electrons. The van der Waals surface area contributed by atoms with Gasteiger partial charge in [-0.2, -0.15) is 0 Å². The van der Waals surface area contributed by atoms with E-state index in [1.165, 1.54) is 22.3 Å². The molecule has 0 aromatic heterocycles. The van der Waals surface area contributed by atoms with Crippen molar-refractivity contribution in [3.8, 4) is 0 Å². The third-order valence-corrected chi connectivity index (χ3v) is 9.14. The maximum atomic E-state index is 13.5. The van der Waals surface area contributed by atoms with E-state index in [9.17, 15) is 4.79 Å². The molecule has 2 aromatic carbocycles. The molecular formula is C35H42O. The van der Waals surface area contributed by atoms with Gasteiger partial charge in [-0.3, -0.25) is 4.79 Å². The monoisotopic (exact) mass is 478 g/mol. The van der Waals surface area contributed by atoms with Crippen molar-refractivity contribution in [2.45, 2.75) is 66.2 Å². The van der Waals surface area contributed by atoms with Gasteiger partial charge in [0, 0.05) is 24.7 Å². The first-order valence-electron chi connectivity index (χ1n) is 13.5. The van der Waals surface area contributed by atoms with E-state index in [1.54, 1.807) is 0 Å². The van der Waals surface area contributed by atoms with E-state index in [2.05, 4.69) is 139 Å². The number of benzene rings is 2. The molecule has 6 atom stereocenters. The molecule has 2 aliphatic carbocycles. The van der Waals surface area contributed by atoms with Gasteiger partial charge in [0.25, 0.3) is 0 Å². The van der Waals surface area contributed by atoms with Gasteiger partial charge in [0.05, 0.1) is 0 Å². The van der Waals surface area contributed by atoms with Crippen molar-refractivity contribution in [2.75, 3.05) is 0 Å². The van der Waals surface area contributed by atoms with E-state index in [1.807, 2.05) is 0 Å². The van der Waals surface area contributed by atoms with Gasteiger partial charge >= 0.3 is 0 Å². The van der Waals surface area contributed by atoms with Gasteiger partial charge in [0.15, 0.2) is 0 Å². The lowest BCUT2D eigenvalue weighted by Gasteiger charge is -2.42. The molecule has 2 aromatic rings. The molecule has 0 saturated heterocycles. The van der Waals surface area contributed by atoms with Crippen LogP contribution in [0.4, 0.5) is 0 Å². The second kappa shape index (κ2) is 10.6. The summed E-state index contributed by atoms with van der Waals surface area (Å²) in [6, 6.07) is 17.7. The van der Waals surface area contributed by atoms with Crippen molar-refractivity contribution < 1.29 is 4.79 Å². The lowest BCUT2D eigenvalue weighted by molar-refractivity contribution is -0.122. The number of carbonyl (C=O) groups is 1. The van der Waals surface area contributed by atoms with Crippen molar-refractivity contribution in [2.24, 2.45) is 22.7 Å². The van der Waals surface area contributed by atoms with E-state index in [0.717, 1.165) is 0 Å². The van der Waals surface area contributed by atoms with Gasteiger partial charge in [-0.15, -0.1) is 0 Å². The Kier molecular flexibility index (Phi) is 7.69. The molecule has 0 bridgehead atoms. The van der Waals surface area contributed by atoms with Gasteiger partial charge in [0.2, 0.25) is 0 Å². The van der Waals surface area contributed by atoms with Crippen LogP contribution in [0.15, 0.2) is 97.1 Å². The molecule has 2 aliphatic rings. The Bertz CT molecular complexity index is 1080. The fourth-order valence-corrected chi connectivity index (χ4v) is 6.13. The highest BCUT2D eigenvalue weighted by Crippen LogP contribution is 2.49. The molecule has 0 fully saturated rings. The number of Topliss-reactive ketones (excluding diaryl/α,β-unsaturated/α-hetero) is 1. The second-order valence-corrected chi connectivity index (χ2v) is 11.7. The average molecular weight is 479 g/mol. The molecule has 1 heteroatoms. The molecule has 0 N–H and O–H groups in total. The van der Waals surface area contributed by atoms with E-state index >= 15 is 0 Å². The van der Waals surface area contributed by atoms with Crippen molar-refractivity contribution in [3.05, 3.63) is 119 Å². The van der Waals surface area contributed by atoms with Gasteiger partial charge in [-0.05, 0) is 47.6 Å². The van der Waals surface area contributed by atoms with Crippen LogP contribution in [0.5, 0.6) is 0 Å². The predicted octanol–water partition coefficient (Wildman–Crippen LogP) is 9.06. The minimum atomic E-state index is -0.0925. The first-order chi connectivity index (χ1) is 17.1. The summed E-state index contributed by atoms with van der Waals surface area (Å²) in [7, 11) is 0. The van der Waals surface area contributed by atoms with Gasteiger partial charge in [-0.25, -0.2) is 0 Å². The summed E-state index contributed by atoms with van der Waals surface area (Å²) in [5, 5.41) is 0. The van der Waals surface area contributed by atoms with Crippen molar-refractivity contribution in [1.29, 1.82) is 0 Å². The number of carbonyl (C=O) groups excluding carboxylic acids is 1. The Balaban J connectivity index is 1.48. The molecule has 188 valence electrons. The molecule has 36 heavy (non-hydrogen) atoms. The third-order valence-electron chi connectivity index (χ3n) is 9.14. The predicted molar refractivity (Wildman–Crippen MR) is 153 cm³/mol.